The van der Waals surface area contributed by atoms with Gasteiger partial charge in [-0.05, 0) is 97.5 Å². The van der Waals surface area contributed by atoms with Crippen molar-refractivity contribution >= 4 is 7.69 Å². The minimum Gasteiger partial charge on any atom is -0.529 e. The third-order valence-corrected chi connectivity index (χ3v) is 7.54. The Balaban J connectivity index is 1.18. The lowest BCUT2D eigenvalue weighted by molar-refractivity contribution is 0.459. The minimum atomic E-state index is 0.148. The van der Waals surface area contributed by atoms with E-state index >= 15 is 0 Å². The normalized spacial score (nSPS) is 10.9. The topological polar surface area (TPSA) is 44.2 Å². The number of unbranched alkanes of at least 4 members (excludes halogenated alkanes) is 8. The van der Waals surface area contributed by atoms with Crippen LogP contribution in [0.25, 0.3) is 22.5 Å². The number of benzene rings is 2. The molecule has 41 heavy (non-hydrogen) atoms. The van der Waals surface area contributed by atoms with E-state index in [0.29, 0.717) is 0 Å². The van der Waals surface area contributed by atoms with Gasteiger partial charge in [0, 0.05) is 23.5 Å². The summed E-state index contributed by atoms with van der Waals surface area (Å²) in [6.45, 7) is 4.51. The van der Waals surface area contributed by atoms with E-state index in [1.807, 2.05) is 60.9 Å². The minimum absolute atomic E-state index is 0.148. The Labute approximate surface area is 247 Å². The lowest BCUT2D eigenvalue weighted by atomic mass is 10.1. The fourth-order valence-electron chi connectivity index (χ4n) is 4.96. The summed E-state index contributed by atoms with van der Waals surface area (Å²) in [6, 6.07) is 24.7. The van der Waals surface area contributed by atoms with E-state index in [9.17, 15) is 0 Å². The predicted octanol–water partition coefficient (Wildman–Crippen LogP) is 9.56. The maximum Gasteiger partial charge on any atom is 0.576 e. The van der Waals surface area contributed by atoms with Crippen molar-refractivity contribution in [2.75, 3.05) is 0 Å². The summed E-state index contributed by atoms with van der Waals surface area (Å²) in [5.41, 5.74) is 6.75. The number of aromatic nitrogens is 2. The standard InChI is InChI=1S/C36H45BN2O2/c1-3-5-7-9-11-13-29-15-25-35(38-27-29)31-17-21-33(22-18-31)40-37-41-34-23-19-32(20-24-34)36-26-16-30(28-39-36)14-12-10-8-6-4-2/h15-28,37H,3-14H2,1-2H3. The molecular formula is C36H45BN2O2. The molecule has 2 aromatic heterocycles. The van der Waals surface area contributed by atoms with Crippen molar-refractivity contribution in [2.24, 2.45) is 0 Å². The highest BCUT2D eigenvalue weighted by Gasteiger charge is 2.05. The number of aryl methyl sites for hydroxylation is 2. The van der Waals surface area contributed by atoms with Crippen molar-refractivity contribution in [3.8, 4) is 34.0 Å². The van der Waals surface area contributed by atoms with Gasteiger partial charge in [0.15, 0.2) is 0 Å². The summed E-state index contributed by atoms with van der Waals surface area (Å²) in [5.74, 6) is 1.53. The molecule has 0 aliphatic rings. The Morgan fingerprint density at radius 3 is 1.27 bits per heavy atom. The van der Waals surface area contributed by atoms with Crippen LogP contribution in [0.15, 0.2) is 85.2 Å². The van der Waals surface area contributed by atoms with Crippen LogP contribution >= 0.6 is 0 Å². The molecule has 0 aliphatic heterocycles. The molecule has 0 atom stereocenters. The molecule has 0 fully saturated rings. The molecule has 4 rings (SSSR count). The molecule has 214 valence electrons. The number of hydrogen-bond donors (Lipinski definition) is 0. The van der Waals surface area contributed by atoms with Gasteiger partial charge >= 0.3 is 7.69 Å². The van der Waals surface area contributed by atoms with Gasteiger partial charge in [-0.15, -0.1) is 0 Å². The van der Waals surface area contributed by atoms with Gasteiger partial charge in [0.1, 0.15) is 11.5 Å². The second-order valence-electron chi connectivity index (χ2n) is 10.9. The van der Waals surface area contributed by atoms with E-state index in [2.05, 4.69) is 48.1 Å². The summed E-state index contributed by atoms with van der Waals surface area (Å²) in [7, 11) is 0.148. The largest absolute Gasteiger partial charge is 0.576 e. The SMILES string of the molecule is CCCCCCCc1ccc(-c2ccc(OBOc3ccc(-c4ccc(CCCCCCC)cn4)cc3)cc2)nc1. The van der Waals surface area contributed by atoms with Gasteiger partial charge in [-0.2, -0.15) is 0 Å². The first kappa shape index (κ1) is 30.4. The van der Waals surface area contributed by atoms with E-state index < -0.39 is 0 Å². The van der Waals surface area contributed by atoms with E-state index in [-0.39, 0.29) is 7.69 Å². The third-order valence-electron chi connectivity index (χ3n) is 7.54. The molecule has 0 bridgehead atoms. The van der Waals surface area contributed by atoms with Gasteiger partial charge in [-0.1, -0.05) is 77.3 Å². The van der Waals surface area contributed by atoms with Gasteiger partial charge in [0.25, 0.3) is 0 Å². The highest BCUT2D eigenvalue weighted by molar-refractivity contribution is 6.20. The van der Waals surface area contributed by atoms with Crippen molar-refractivity contribution < 1.29 is 9.31 Å². The van der Waals surface area contributed by atoms with Gasteiger partial charge in [0.05, 0.1) is 11.4 Å². The van der Waals surface area contributed by atoms with Crippen LogP contribution in [0.1, 0.15) is 89.2 Å². The molecule has 0 aliphatic carbocycles. The highest BCUT2D eigenvalue weighted by atomic mass is 16.6. The van der Waals surface area contributed by atoms with Crippen LogP contribution in [0.3, 0.4) is 0 Å². The van der Waals surface area contributed by atoms with Crippen LogP contribution in [0.4, 0.5) is 0 Å². The molecule has 0 N–H and O–H groups in total. The number of nitrogens with zero attached hydrogens (tertiary/aromatic N) is 2. The Morgan fingerprint density at radius 2 is 0.902 bits per heavy atom. The Bertz CT molecular complexity index is 1160. The Morgan fingerprint density at radius 1 is 0.488 bits per heavy atom. The van der Waals surface area contributed by atoms with E-state index in [1.54, 1.807) is 0 Å². The van der Waals surface area contributed by atoms with Crippen molar-refractivity contribution in [3.05, 3.63) is 96.3 Å². The average molecular weight is 549 g/mol. The first-order valence-corrected chi connectivity index (χ1v) is 15.6. The molecule has 4 nitrogen and oxygen atoms in total. The molecule has 4 aromatic rings. The third kappa shape index (κ3) is 10.4. The van der Waals surface area contributed by atoms with Gasteiger partial charge in [0.2, 0.25) is 0 Å². The molecule has 5 heteroatoms. The fourth-order valence-corrected chi connectivity index (χ4v) is 4.96. The first-order chi connectivity index (χ1) is 20.2. The average Bonchev–Trinajstić information content (AvgIpc) is 3.02. The van der Waals surface area contributed by atoms with Crippen LogP contribution in [0.5, 0.6) is 11.5 Å². The molecule has 0 unspecified atom stereocenters. The van der Waals surface area contributed by atoms with Gasteiger partial charge in [-0.25, -0.2) is 0 Å². The number of rotatable bonds is 18. The summed E-state index contributed by atoms with van der Waals surface area (Å²) in [6.07, 6.45) is 19.2. The Kier molecular flexibility index (Phi) is 12.8. The Hall–Kier alpha value is -3.60. The monoisotopic (exact) mass is 548 g/mol. The van der Waals surface area contributed by atoms with Crippen molar-refractivity contribution in [2.45, 2.75) is 90.9 Å². The maximum absolute atomic E-state index is 5.82. The lowest BCUT2D eigenvalue weighted by Gasteiger charge is -2.09. The lowest BCUT2D eigenvalue weighted by Crippen LogP contribution is -2.10. The van der Waals surface area contributed by atoms with Crippen molar-refractivity contribution in [1.82, 2.24) is 9.97 Å². The second-order valence-corrected chi connectivity index (χ2v) is 10.9. The highest BCUT2D eigenvalue weighted by Crippen LogP contribution is 2.23. The second kappa shape index (κ2) is 17.3. The first-order valence-electron chi connectivity index (χ1n) is 15.6. The smallest absolute Gasteiger partial charge is 0.529 e. The summed E-state index contributed by atoms with van der Waals surface area (Å²) >= 11 is 0. The van der Waals surface area contributed by atoms with Crippen LogP contribution in [0.2, 0.25) is 0 Å². The molecule has 0 amide bonds. The summed E-state index contributed by atoms with van der Waals surface area (Å²) in [4.78, 5) is 9.36. The zero-order valence-electron chi connectivity index (χ0n) is 25.0. The molecule has 0 spiro atoms. The molecule has 2 heterocycles. The number of hydrogen-bond acceptors (Lipinski definition) is 4. The van der Waals surface area contributed by atoms with Crippen LogP contribution in [-0.2, 0) is 12.8 Å². The van der Waals surface area contributed by atoms with E-state index in [4.69, 9.17) is 9.31 Å². The van der Waals surface area contributed by atoms with Crippen molar-refractivity contribution in [3.63, 3.8) is 0 Å². The van der Waals surface area contributed by atoms with Crippen molar-refractivity contribution in [1.29, 1.82) is 0 Å². The predicted molar refractivity (Wildman–Crippen MR) is 173 cm³/mol. The molecule has 2 aromatic carbocycles. The van der Waals surface area contributed by atoms with Gasteiger partial charge in [-0.3, -0.25) is 9.97 Å². The number of pyridine rings is 2. The summed E-state index contributed by atoms with van der Waals surface area (Å²) < 4.78 is 11.6. The van der Waals surface area contributed by atoms with Crippen LogP contribution in [0, 0.1) is 0 Å². The molecular weight excluding hydrogens is 503 g/mol. The zero-order chi connectivity index (χ0) is 28.5. The molecule has 0 saturated heterocycles. The molecule has 0 saturated carbocycles. The van der Waals surface area contributed by atoms with E-state index in [1.165, 1.54) is 75.3 Å². The van der Waals surface area contributed by atoms with E-state index in [0.717, 1.165) is 46.9 Å². The van der Waals surface area contributed by atoms with Crippen LogP contribution in [-0.4, -0.2) is 17.7 Å². The molecule has 0 radical (unpaired) electrons. The van der Waals surface area contributed by atoms with Crippen LogP contribution < -0.4 is 9.31 Å². The zero-order valence-corrected chi connectivity index (χ0v) is 25.0. The fraction of sp³-hybridized carbons (Fsp3) is 0.389. The maximum atomic E-state index is 5.82. The quantitative estimate of drug-likeness (QED) is 0.0917. The summed E-state index contributed by atoms with van der Waals surface area (Å²) in [5, 5.41) is 0. The van der Waals surface area contributed by atoms with Gasteiger partial charge < -0.3 is 9.31 Å².